The number of piperazine rings is 2. The molecule has 0 spiro atoms. The van der Waals surface area contributed by atoms with Gasteiger partial charge in [-0.25, -0.2) is 9.97 Å². The lowest BCUT2D eigenvalue weighted by Gasteiger charge is -2.36. The van der Waals surface area contributed by atoms with Crippen molar-refractivity contribution in [2.24, 2.45) is 0 Å². The molecule has 0 N–H and O–H groups in total. The molecular weight excluding hydrogens is 408 g/mol. The smallest absolute Gasteiger partial charge is 0.256 e. The lowest BCUT2D eigenvalue weighted by molar-refractivity contribution is -0.132. The molecule has 0 saturated carbocycles. The Morgan fingerprint density at radius 2 is 1.59 bits per heavy atom. The Morgan fingerprint density at radius 1 is 0.938 bits per heavy atom. The summed E-state index contributed by atoms with van der Waals surface area (Å²) in [6.45, 7) is 12.0. The number of nitrogens with zero attached hydrogens (tertiary/aromatic N) is 8. The van der Waals surface area contributed by atoms with E-state index in [1.54, 1.807) is 18.7 Å². The zero-order valence-corrected chi connectivity index (χ0v) is 19.4. The Hall–Kier alpha value is -3.01. The quantitative estimate of drug-likeness (QED) is 0.659. The molecule has 4 heterocycles. The van der Waals surface area contributed by atoms with E-state index in [2.05, 4.69) is 31.7 Å². The summed E-state index contributed by atoms with van der Waals surface area (Å²) in [5.74, 6) is 1.63. The highest BCUT2D eigenvalue weighted by atomic mass is 16.2. The summed E-state index contributed by atoms with van der Waals surface area (Å²) in [7, 11) is 2.14. The maximum Gasteiger partial charge on any atom is 0.256 e. The minimum atomic E-state index is -0.158. The summed E-state index contributed by atoms with van der Waals surface area (Å²) in [5.41, 5.74) is 2.07. The first-order valence-electron chi connectivity index (χ1n) is 11.2. The third kappa shape index (κ3) is 4.74. The molecule has 4 rings (SSSR count). The molecule has 10 heteroatoms. The minimum Gasteiger partial charge on any atom is -0.354 e. The fraction of sp³-hybridized carbons (Fsp3) is 0.591. The van der Waals surface area contributed by atoms with E-state index < -0.39 is 0 Å². The highest BCUT2D eigenvalue weighted by molar-refractivity contribution is 5.76. The molecule has 0 atom stereocenters. The maximum absolute atomic E-state index is 12.8. The minimum absolute atomic E-state index is 0.0153. The summed E-state index contributed by atoms with van der Waals surface area (Å²) in [6, 6.07) is 2.05. The zero-order valence-electron chi connectivity index (χ0n) is 19.4. The van der Waals surface area contributed by atoms with Crippen molar-refractivity contribution in [3.63, 3.8) is 0 Å². The molecule has 172 valence electrons. The number of anilines is 2. The van der Waals surface area contributed by atoms with Gasteiger partial charge in [0.1, 0.15) is 12.4 Å². The van der Waals surface area contributed by atoms with Crippen LogP contribution in [0.3, 0.4) is 0 Å². The van der Waals surface area contributed by atoms with Crippen molar-refractivity contribution in [2.75, 3.05) is 69.2 Å². The van der Waals surface area contributed by atoms with E-state index in [-0.39, 0.29) is 18.0 Å². The van der Waals surface area contributed by atoms with Crippen LogP contribution in [0.4, 0.5) is 11.8 Å². The number of aromatic nitrogens is 4. The average molecular weight is 441 g/mol. The van der Waals surface area contributed by atoms with Crippen LogP contribution in [0, 0.1) is 20.8 Å². The molecular formula is C22H32N8O2. The second-order valence-corrected chi connectivity index (χ2v) is 8.71. The van der Waals surface area contributed by atoms with E-state index in [9.17, 15) is 9.59 Å². The SMILES string of the molecule is Cc1cc(N2CCN(C)CC2)nc(N2CCN(C(=O)Cn3cnc(C)c(C)c3=O)CC2)n1. The fourth-order valence-electron chi connectivity index (χ4n) is 4.07. The molecule has 0 unspecified atom stereocenters. The van der Waals surface area contributed by atoms with E-state index in [1.807, 2.05) is 13.0 Å². The number of amides is 1. The van der Waals surface area contributed by atoms with Crippen LogP contribution in [0.1, 0.15) is 17.0 Å². The maximum atomic E-state index is 12.8. The van der Waals surface area contributed by atoms with Crippen LogP contribution in [-0.4, -0.2) is 94.6 Å². The monoisotopic (exact) mass is 440 g/mol. The van der Waals surface area contributed by atoms with Gasteiger partial charge in [-0.05, 0) is 27.8 Å². The molecule has 32 heavy (non-hydrogen) atoms. The van der Waals surface area contributed by atoms with E-state index in [0.717, 1.165) is 43.6 Å². The largest absolute Gasteiger partial charge is 0.354 e. The molecule has 2 aliphatic heterocycles. The van der Waals surface area contributed by atoms with Gasteiger partial charge in [-0.3, -0.25) is 14.2 Å². The molecule has 0 bridgehead atoms. The lowest BCUT2D eigenvalue weighted by Crippen LogP contribution is -2.50. The predicted molar refractivity (Wildman–Crippen MR) is 123 cm³/mol. The third-order valence-electron chi connectivity index (χ3n) is 6.39. The fourth-order valence-corrected chi connectivity index (χ4v) is 4.07. The van der Waals surface area contributed by atoms with Gasteiger partial charge in [0.15, 0.2) is 0 Å². The third-order valence-corrected chi connectivity index (χ3v) is 6.39. The van der Waals surface area contributed by atoms with Gasteiger partial charge in [0.05, 0.1) is 6.33 Å². The first-order valence-corrected chi connectivity index (χ1v) is 11.2. The van der Waals surface area contributed by atoms with Gasteiger partial charge < -0.3 is 19.6 Å². The molecule has 0 aliphatic carbocycles. The van der Waals surface area contributed by atoms with Gasteiger partial charge in [-0.15, -0.1) is 0 Å². The van der Waals surface area contributed by atoms with Crippen LogP contribution in [0.15, 0.2) is 17.2 Å². The average Bonchev–Trinajstić information content (AvgIpc) is 2.79. The van der Waals surface area contributed by atoms with Gasteiger partial charge in [0.2, 0.25) is 11.9 Å². The van der Waals surface area contributed by atoms with Crippen LogP contribution in [0.2, 0.25) is 0 Å². The van der Waals surface area contributed by atoms with Gasteiger partial charge >= 0.3 is 0 Å². The van der Waals surface area contributed by atoms with Crippen LogP contribution in [0.25, 0.3) is 0 Å². The molecule has 0 radical (unpaired) electrons. The highest BCUT2D eigenvalue weighted by Gasteiger charge is 2.24. The molecule has 2 saturated heterocycles. The van der Waals surface area contributed by atoms with Crippen LogP contribution in [-0.2, 0) is 11.3 Å². The molecule has 2 fully saturated rings. The number of hydrogen-bond acceptors (Lipinski definition) is 8. The summed E-state index contributed by atoms with van der Waals surface area (Å²) in [5, 5.41) is 0. The summed E-state index contributed by atoms with van der Waals surface area (Å²) in [4.78, 5) is 47.4. The number of hydrogen-bond donors (Lipinski definition) is 0. The van der Waals surface area contributed by atoms with Crippen molar-refractivity contribution in [1.29, 1.82) is 0 Å². The van der Waals surface area contributed by atoms with Crippen molar-refractivity contribution >= 4 is 17.7 Å². The van der Waals surface area contributed by atoms with Gasteiger partial charge in [-0.2, -0.15) is 4.98 Å². The van der Waals surface area contributed by atoms with E-state index in [0.29, 0.717) is 37.4 Å². The molecule has 0 aromatic carbocycles. The van der Waals surface area contributed by atoms with Gasteiger partial charge in [0, 0.05) is 75.4 Å². The van der Waals surface area contributed by atoms with Crippen molar-refractivity contribution in [3.8, 4) is 0 Å². The predicted octanol–water partition coefficient (Wildman–Crippen LogP) is 0.0592. The zero-order chi connectivity index (χ0) is 22.8. The first-order chi connectivity index (χ1) is 15.3. The van der Waals surface area contributed by atoms with Crippen LogP contribution >= 0.6 is 0 Å². The normalized spacial score (nSPS) is 17.7. The Bertz CT molecular complexity index is 1040. The number of rotatable bonds is 4. The van der Waals surface area contributed by atoms with E-state index >= 15 is 0 Å². The molecule has 2 aliphatic rings. The molecule has 1 amide bonds. The van der Waals surface area contributed by atoms with E-state index in [4.69, 9.17) is 4.98 Å². The molecule has 2 aromatic heterocycles. The van der Waals surface area contributed by atoms with Crippen molar-refractivity contribution in [3.05, 3.63) is 39.7 Å². The van der Waals surface area contributed by atoms with Crippen molar-refractivity contribution < 1.29 is 4.79 Å². The van der Waals surface area contributed by atoms with Crippen LogP contribution in [0.5, 0.6) is 0 Å². The van der Waals surface area contributed by atoms with Crippen molar-refractivity contribution in [1.82, 2.24) is 29.3 Å². The number of carbonyl (C=O) groups is 1. The molecule has 2 aromatic rings. The van der Waals surface area contributed by atoms with Crippen LogP contribution < -0.4 is 15.4 Å². The topological polar surface area (TPSA) is 90.7 Å². The number of aryl methyl sites for hydroxylation is 2. The van der Waals surface area contributed by atoms with Gasteiger partial charge in [-0.1, -0.05) is 0 Å². The van der Waals surface area contributed by atoms with E-state index in [1.165, 1.54) is 10.9 Å². The number of likely N-dealkylation sites (N-methyl/N-ethyl adjacent to an activating group) is 1. The highest BCUT2D eigenvalue weighted by Crippen LogP contribution is 2.20. The van der Waals surface area contributed by atoms with Gasteiger partial charge in [0.25, 0.3) is 5.56 Å². The Labute approximate surface area is 188 Å². The lowest BCUT2D eigenvalue weighted by atomic mass is 10.2. The Morgan fingerprint density at radius 3 is 2.28 bits per heavy atom. The number of carbonyl (C=O) groups excluding carboxylic acids is 1. The standard InChI is InChI=1S/C22H32N8O2/c1-16-13-19(27-7-5-26(4)6-8-27)25-22(24-16)29-11-9-28(10-12-29)20(31)14-30-15-23-18(3)17(2)21(30)32/h13,15H,5-12,14H2,1-4H3. The van der Waals surface area contributed by atoms with Crippen molar-refractivity contribution in [2.45, 2.75) is 27.3 Å². The summed E-state index contributed by atoms with van der Waals surface area (Å²) in [6.07, 6.45) is 1.46. The Kier molecular flexibility index (Phi) is 6.40. The second kappa shape index (κ2) is 9.23. The summed E-state index contributed by atoms with van der Waals surface area (Å²) < 4.78 is 1.39. The second-order valence-electron chi connectivity index (χ2n) is 8.71. The summed E-state index contributed by atoms with van der Waals surface area (Å²) >= 11 is 0. The first kappa shape index (κ1) is 22.2. The Balaban J connectivity index is 1.39. The molecule has 10 nitrogen and oxygen atoms in total.